The second-order valence-corrected chi connectivity index (χ2v) is 6.37. The Morgan fingerprint density at radius 2 is 1.75 bits per heavy atom. The molecule has 1 saturated heterocycles. The predicted molar refractivity (Wildman–Crippen MR) is 73.4 cm³/mol. The number of likely N-dealkylation sites (tertiary alicyclic amines) is 1. The van der Waals surface area contributed by atoms with Gasteiger partial charge in [-0.05, 0) is 38.5 Å². The van der Waals surface area contributed by atoms with Crippen LogP contribution in [0.25, 0.3) is 0 Å². The number of carboxylic acid groups (broad SMARTS) is 1. The summed E-state index contributed by atoms with van der Waals surface area (Å²) in [5, 5.41) is 14.9. The molecule has 2 saturated carbocycles. The second kappa shape index (κ2) is 5.60. The Hall–Kier alpha value is -1.30. The van der Waals surface area contributed by atoms with Crippen LogP contribution in [0.1, 0.15) is 38.5 Å². The minimum Gasteiger partial charge on any atom is -0.481 e. The Morgan fingerprint density at radius 1 is 1.00 bits per heavy atom. The molecule has 0 aromatic heterocycles. The van der Waals surface area contributed by atoms with Crippen LogP contribution in [0.15, 0.2) is 0 Å². The summed E-state index contributed by atoms with van der Waals surface area (Å²) in [7, 11) is 0. The quantitative estimate of drug-likeness (QED) is 0.711. The minimum absolute atomic E-state index is 0.0111. The van der Waals surface area contributed by atoms with E-state index >= 15 is 0 Å². The van der Waals surface area contributed by atoms with Crippen LogP contribution < -0.4 is 10.6 Å². The number of nitrogens with zero attached hydrogens (tertiary/aromatic N) is 1. The van der Waals surface area contributed by atoms with Gasteiger partial charge < -0.3 is 15.7 Å². The lowest BCUT2D eigenvalue weighted by atomic mass is 10.1. The van der Waals surface area contributed by atoms with Gasteiger partial charge in [-0.2, -0.15) is 0 Å². The van der Waals surface area contributed by atoms with E-state index in [1.165, 1.54) is 12.8 Å². The van der Waals surface area contributed by atoms with Crippen molar-refractivity contribution in [1.29, 1.82) is 0 Å². The topological polar surface area (TPSA) is 81.7 Å². The molecule has 0 aromatic rings. The summed E-state index contributed by atoms with van der Waals surface area (Å²) in [6.07, 6.45) is 5.62. The summed E-state index contributed by atoms with van der Waals surface area (Å²) in [6.45, 7) is 2.04. The fraction of sp³-hybridized carbons (Fsp3) is 0.857. The molecule has 3 N–H and O–H groups in total. The largest absolute Gasteiger partial charge is 0.481 e. The van der Waals surface area contributed by atoms with Gasteiger partial charge in [0.15, 0.2) is 0 Å². The van der Waals surface area contributed by atoms with Crippen molar-refractivity contribution >= 4 is 12.0 Å². The third kappa shape index (κ3) is 3.23. The summed E-state index contributed by atoms with van der Waals surface area (Å²) in [6, 6.07) is 0.879. The lowest BCUT2D eigenvalue weighted by Gasteiger charge is -2.18. The van der Waals surface area contributed by atoms with Gasteiger partial charge >= 0.3 is 12.0 Å². The maximum absolute atomic E-state index is 11.9. The Bertz CT molecular complexity index is 397. The molecule has 2 amide bonds. The molecule has 0 spiro atoms. The van der Waals surface area contributed by atoms with Crippen LogP contribution in [0.4, 0.5) is 4.79 Å². The first-order chi connectivity index (χ1) is 9.61. The number of nitrogens with one attached hydrogen (secondary N) is 2. The molecule has 3 fully saturated rings. The maximum Gasteiger partial charge on any atom is 0.315 e. The van der Waals surface area contributed by atoms with Gasteiger partial charge in [0.25, 0.3) is 0 Å². The van der Waals surface area contributed by atoms with Crippen molar-refractivity contribution in [1.82, 2.24) is 15.5 Å². The van der Waals surface area contributed by atoms with Gasteiger partial charge in [-0.25, -0.2) is 4.79 Å². The van der Waals surface area contributed by atoms with Crippen molar-refractivity contribution in [2.75, 3.05) is 13.1 Å². The lowest BCUT2D eigenvalue weighted by molar-refractivity contribution is -0.141. The molecule has 0 bridgehead atoms. The summed E-state index contributed by atoms with van der Waals surface area (Å²) < 4.78 is 0. The molecule has 20 heavy (non-hydrogen) atoms. The fourth-order valence-corrected chi connectivity index (χ4v) is 3.43. The molecular weight excluding hydrogens is 258 g/mol. The van der Waals surface area contributed by atoms with Crippen molar-refractivity contribution < 1.29 is 14.7 Å². The number of carboxylic acids is 1. The zero-order chi connectivity index (χ0) is 14.1. The van der Waals surface area contributed by atoms with Crippen LogP contribution in [0.3, 0.4) is 0 Å². The SMILES string of the molecule is O=C(NC1CCC(C(=O)O)C1)NC1CCN(C2CC2)C1. The van der Waals surface area contributed by atoms with Gasteiger partial charge in [-0.3, -0.25) is 9.69 Å². The number of aliphatic carboxylic acids is 1. The molecular formula is C14H23N3O3. The van der Waals surface area contributed by atoms with E-state index in [9.17, 15) is 9.59 Å². The molecule has 1 aliphatic heterocycles. The van der Waals surface area contributed by atoms with E-state index in [4.69, 9.17) is 5.11 Å². The third-order valence-corrected chi connectivity index (χ3v) is 4.74. The molecule has 1 heterocycles. The molecule has 0 radical (unpaired) electrons. The van der Waals surface area contributed by atoms with E-state index in [1.54, 1.807) is 0 Å². The molecule has 0 aromatic carbocycles. The molecule has 3 aliphatic rings. The fourth-order valence-electron chi connectivity index (χ4n) is 3.43. The molecule has 6 nitrogen and oxygen atoms in total. The highest BCUT2D eigenvalue weighted by Gasteiger charge is 2.35. The molecule has 112 valence electrons. The Labute approximate surface area is 118 Å². The van der Waals surface area contributed by atoms with E-state index in [0.29, 0.717) is 12.8 Å². The summed E-state index contributed by atoms with van der Waals surface area (Å²) >= 11 is 0. The molecule has 3 atom stereocenters. The predicted octanol–water partition coefficient (Wildman–Crippen LogP) is 0.776. The smallest absolute Gasteiger partial charge is 0.315 e. The lowest BCUT2D eigenvalue weighted by Crippen LogP contribution is -2.46. The van der Waals surface area contributed by atoms with E-state index in [1.807, 2.05) is 0 Å². The first kappa shape index (κ1) is 13.7. The monoisotopic (exact) mass is 281 g/mol. The first-order valence-electron chi connectivity index (χ1n) is 7.65. The molecule has 3 rings (SSSR count). The summed E-state index contributed by atoms with van der Waals surface area (Å²) in [5.41, 5.74) is 0. The minimum atomic E-state index is -0.745. The van der Waals surface area contributed by atoms with Crippen LogP contribution in [-0.2, 0) is 4.79 Å². The van der Waals surface area contributed by atoms with Crippen molar-refractivity contribution in [3.8, 4) is 0 Å². The molecule has 6 heteroatoms. The average molecular weight is 281 g/mol. The average Bonchev–Trinajstić information content (AvgIpc) is 2.96. The third-order valence-electron chi connectivity index (χ3n) is 4.74. The van der Waals surface area contributed by atoms with Gasteiger partial charge in [0.05, 0.1) is 5.92 Å². The van der Waals surface area contributed by atoms with Crippen LogP contribution in [-0.4, -0.2) is 53.2 Å². The van der Waals surface area contributed by atoms with Crippen molar-refractivity contribution in [2.45, 2.75) is 56.7 Å². The zero-order valence-corrected chi connectivity index (χ0v) is 11.7. The Balaban J connectivity index is 1.38. The van der Waals surface area contributed by atoms with E-state index in [2.05, 4.69) is 15.5 Å². The summed E-state index contributed by atoms with van der Waals surface area (Å²) in [4.78, 5) is 25.3. The molecule has 3 unspecified atom stereocenters. The normalized spacial score (nSPS) is 34.1. The van der Waals surface area contributed by atoms with Crippen molar-refractivity contribution in [3.05, 3.63) is 0 Å². The van der Waals surface area contributed by atoms with Gasteiger partial charge in [-0.1, -0.05) is 0 Å². The number of carbonyl (C=O) groups is 2. The number of hydrogen-bond donors (Lipinski definition) is 3. The van der Waals surface area contributed by atoms with Gasteiger partial charge in [0.2, 0.25) is 0 Å². The van der Waals surface area contributed by atoms with Crippen molar-refractivity contribution in [3.63, 3.8) is 0 Å². The summed E-state index contributed by atoms with van der Waals surface area (Å²) in [5.74, 6) is -1.04. The zero-order valence-electron chi connectivity index (χ0n) is 11.7. The number of hydrogen-bond acceptors (Lipinski definition) is 3. The standard InChI is InChI=1S/C14H23N3O3/c18-13(19)9-1-2-10(7-9)15-14(20)16-11-5-6-17(8-11)12-3-4-12/h9-12H,1-8H2,(H,18,19)(H2,15,16,20). The van der Waals surface area contributed by atoms with E-state index in [-0.39, 0.29) is 24.0 Å². The van der Waals surface area contributed by atoms with Gasteiger partial charge in [0.1, 0.15) is 0 Å². The van der Waals surface area contributed by atoms with Gasteiger partial charge in [-0.15, -0.1) is 0 Å². The van der Waals surface area contributed by atoms with Crippen LogP contribution in [0, 0.1) is 5.92 Å². The Morgan fingerprint density at radius 3 is 2.40 bits per heavy atom. The van der Waals surface area contributed by atoms with E-state index in [0.717, 1.165) is 32.0 Å². The number of carbonyl (C=O) groups excluding carboxylic acids is 1. The van der Waals surface area contributed by atoms with E-state index < -0.39 is 5.97 Å². The number of amides is 2. The Kier molecular flexibility index (Phi) is 3.83. The number of rotatable bonds is 4. The van der Waals surface area contributed by atoms with Gasteiger partial charge in [0, 0.05) is 31.2 Å². The highest BCUT2D eigenvalue weighted by molar-refractivity contribution is 5.75. The highest BCUT2D eigenvalue weighted by atomic mass is 16.4. The molecule has 2 aliphatic carbocycles. The maximum atomic E-state index is 11.9. The highest BCUT2D eigenvalue weighted by Crippen LogP contribution is 2.30. The van der Waals surface area contributed by atoms with Crippen molar-refractivity contribution in [2.24, 2.45) is 5.92 Å². The first-order valence-corrected chi connectivity index (χ1v) is 7.65. The number of urea groups is 1. The second-order valence-electron chi connectivity index (χ2n) is 6.37. The van der Waals surface area contributed by atoms with Crippen LogP contribution in [0.2, 0.25) is 0 Å². The van der Waals surface area contributed by atoms with Crippen LogP contribution >= 0.6 is 0 Å². The van der Waals surface area contributed by atoms with Crippen LogP contribution in [0.5, 0.6) is 0 Å².